The topological polar surface area (TPSA) is 94.6 Å². The molecule has 238 valence electrons. The first kappa shape index (κ1) is 33.0. The van der Waals surface area contributed by atoms with E-state index in [1.54, 1.807) is 11.0 Å². The summed E-state index contributed by atoms with van der Waals surface area (Å²) >= 11 is 0. The van der Waals surface area contributed by atoms with E-state index in [9.17, 15) is 19.1 Å². The van der Waals surface area contributed by atoms with Gasteiger partial charge in [-0.05, 0) is 81.6 Å². The van der Waals surface area contributed by atoms with Gasteiger partial charge in [-0.2, -0.15) is 0 Å². The molecule has 3 heterocycles. The molecule has 0 aromatic heterocycles. The molecule has 1 amide bonds. The molecule has 2 fully saturated rings. The van der Waals surface area contributed by atoms with E-state index < -0.39 is 24.3 Å². The number of ether oxygens (including phenoxy) is 2. The monoisotopic (exact) mass is 600 g/mol. The quantitative estimate of drug-likeness (QED) is 0.386. The fraction of sp³-hybridized carbons (Fsp3) is 0.636. The van der Waals surface area contributed by atoms with Gasteiger partial charge in [-0.1, -0.05) is 26.0 Å². The number of carbonyl (C=O) groups is 2. The third kappa shape index (κ3) is 9.27. The van der Waals surface area contributed by atoms with Gasteiger partial charge in [-0.25, -0.2) is 9.18 Å². The van der Waals surface area contributed by atoms with Gasteiger partial charge in [0.1, 0.15) is 18.0 Å². The molecule has 2 N–H and O–H groups in total. The van der Waals surface area contributed by atoms with Gasteiger partial charge in [0, 0.05) is 56.9 Å². The minimum absolute atomic E-state index is 0.0566. The molecule has 0 unspecified atom stereocenters. The first-order chi connectivity index (χ1) is 20.5. The molecule has 43 heavy (non-hydrogen) atoms. The number of aliphatic hydroxyl groups is 1. The molecule has 3 aliphatic heterocycles. The van der Waals surface area contributed by atoms with Gasteiger partial charge < -0.3 is 34.6 Å². The lowest BCUT2D eigenvalue weighted by Crippen LogP contribution is -2.48. The largest absolute Gasteiger partial charge is 0.457 e. The predicted octanol–water partition coefficient (Wildman–Crippen LogP) is 4.06. The summed E-state index contributed by atoms with van der Waals surface area (Å²) in [4.78, 5) is 32.0. The van der Waals surface area contributed by atoms with Crippen LogP contribution in [0.25, 0.3) is 6.08 Å². The summed E-state index contributed by atoms with van der Waals surface area (Å²) in [5, 5.41) is 13.9. The number of carbonyl (C=O) groups excluding carboxylic acids is 2. The zero-order chi connectivity index (χ0) is 31.1. The van der Waals surface area contributed by atoms with Gasteiger partial charge in [0.05, 0.1) is 12.5 Å². The lowest BCUT2D eigenvalue weighted by Gasteiger charge is -2.33. The van der Waals surface area contributed by atoms with Crippen molar-refractivity contribution in [3.63, 3.8) is 0 Å². The third-order valence-electron chi connectivity index (χ3n) is 8.97. The van der Waals surface area contributed by atoms with Crippen LogP contribution in [-0.2, 0) is 14.3 Å². The Bertz CT molecular complexity index is 1170. The second-order valence-electron chi connectivity index (χ2n) is 12.6. The standard InChI is InChI=1S/C33H49FN4O5/c1-22-6-8-29(39)20-31(40)43-32(23(2)7-9-30(22)42-33(41)37-14-12-36(5)13-15-37)24(3)16-25-17-26(34)19-28(18-25)38-11-10-27(21-38)35-4/h7,9,16-19,22-23,27,29-30,32,35,39H,6,8,10-15,20-21H2,1-5H3/b9-7+,24-16+/t22-,23-,27-,29+,30-,32-/m0/s1. The van der Waals surface area contributed by atoms with Crippen molar-refractivity contribution < 1.29 is 28.6 Å². The number of aliphatic hydroxyl groups excluding tert-OH is 1. The van der Waals surface area contributed by atoms with Crippen molar-refractivity contribution in [3.05, 3.63) is 47.3 Å². The van der Waals surface area contributed by atoms with Gasteiger partial charge in [0.25, 0.3) is 0 Å². The van der Waals surface area contributed by atoms with Crippen LogP contribution < -0.4 is 10.2 Å². The summed E-state index contributed by atoms with van der Waals surface area (Å²) in [6.07, 6.45) is 5.19. The Morgan fingerprint density at radius 2 is 1.84 bits per heavy atom. The first-order valence-corrected chi connectivity index (χ1v) is 15.6. The Balaban J connectivity index is 1.55. The highest BCUT2D eigenvalue weighted by molar-refractivity contribution is 5.71. The van der Waals surface area contributed by atoms with Crippen molar-refractivity contribution >= 4 is 23.8 Å². The summed E-state index contributed by atoms with van der Waals surface area (Å²) in [5.41, 5.74) is 2.26. The van der Waals surface area contributed by atoms with E-state index in [4.69, 9.17) is 9.47 Å². The highest BCUT2D eigenvalue weighted by Gasteiger charge is 2.29. The fourth-order valence-corrected chi connectivity index (χ4v) is 6.07. The van der Waals surface area contributed by atoms with E-state index in [0.29, 0.717) is 37.5 Å². The summed E-state index contributed by atoms with van der Waals surface area (Å²) in [6, 6.07) is 5.37. The molecule has 0 aliphatic carbocycles. The number of esters is 1. The number of hydrogen-bond donors (Lipinski definition) is 2. The normalized spacial score (nSPS) is 30.8. The lowest BCUT2D eigenvalue weighted by atomic mass is 9.91. The fourth-order valence-electron chi connectivity index (χ4n) is 6.07. The Hall–Kier alpha value is -2.95. The minimum Gasteiger partial charge on any atom is -0.457 e. The number of nitrogens with zero attached hydrogens (tertiary/aromatic N) is 3. The number of rotatable bonds is 5. The molecule has 6 atom stereocenters. The first-order valence-electron chi connectivity index (χ1n) is 15.6. The molecule has 0 bridgehead atoms. The molecular weight excluding hydrogens is 551 g/mol. The number of nitrogens with one attached hydrogen (secondary N) is 1. The average molecular weight is 601 g/mol. The maximum absolute atomic E-state index is 14.7. The SMILES string of the molecule is CN[C@H]1CCN(c2cc(F)cc(/C=C(\C)[C@H]3OC(=O)C[C@H](O)CC[C@H](C)[C@@H](OC(=O)N4CCN(C)CC4)/C=C/[C@@H]3C)c2)C1. The van der Waals surface area contributed by atoms with Crippen LogP contribution in [0.3, 0.4) is 0 Å². The number of likely N-dealkylation sites (N-methyl/N-ethyl adjacent to an activating group) is 2. The highest BCUT2D eigenvalue weighted by Crippen LogP contribution is 2.28. The number of benzene rings is 1. The van der Waals surface area contributed by atoms with Crippen LogP contribution in [0.2, 0.25) is 0 Å². The predicted molar refractivity (Wildman–Crippen MR) is 166 cm³/mol. The zero-order valence-corrected chi connectivity index (χ0v) is 26.3. The highest BCUT2D eigenvalue weighted by atomic mass is 19.1. The molecule has 3 aliphatic rings. The molecule has 0 saturated carbocycles. The number of amides is 1. The number of halogens is 1. The van der Waals surface area contributed by atoms with Crippen LogP contribution in [0.1, 0.15) is 52.0 Å². The van der Waals surface area contributed by atoms with Crippen LogP contribution in [0.4, 0.5) is 14.9 Å². The van der Waals surface area contributed by atoms with Crippen molar-refractivity contribution in [1.29, 1.82) is 0 Å². The molecule has 10 heteroatoms. The number of anilines is 1. The number of cyclic esters (lactones) is 1. The van der Waals surface area contributed by atoms with Crippen LogP contribution >= 0.6 is 0 Å². The van der Waals surface area contributed by atoms with Gasteiger partial charge in [-0.3, -0.25) is 4.79 Å². The van der Waals surface area contributed by atoms with Crippen molar-refractivity contribution in [2.24, 2.45) is 11.8 Å². The van der Waals surface area contributed by atoms with E-state index in [0.717, 1.165) is 43.9 Å². The Morgan fingerprint density at radius 3 is 2.53 bits per heavy atom. The molecule has 1 aromatic carbocycles. The maximum Gasteiger partial charge on any atom is 0.410 e. The summed E-state index contributed by atoms with van der Waals surface area (Å²) in [5.74, 6) is -1.13. The van der Waals surface area contributed by atoms with Crippen molar-refractivity contribution in [2.45, 2.75) is 70.8 Å². The van der Waals surface area contributed by atoms with Crippen molar-refractivity contribution in [3.8, 4) is 0 Å². The minimum atomic E-state index is -0.861. The van der Waals surface area contributed by atoms with Crippen LogP contribution in [0.15, 0.2) is 35.9 Å². The summed E-state index contributed by atoms with van der Waals surface area (Å²) < 4.78 is 26.7. The summed E-state index contributed by atoms with van der Waals surface area (Å²) in [6.45, 7) is 10.3. The molecule has 2 saturated heterocycles. The molecule has 1 aromatic rings. The van der Waals surface area contributed by atoms with E-state index in [-0.39, 0.29) is 30.2 Å². The summed E-state index contributed by atoms with van der Waals surface area (Å²) in [7, 11) is 3.98. The molecule has 4 rings (SSSR count). The molecule has 9 nitrogen and oxygen atoms in total. The molecule has 0 radical (unpaired) electrons. The number of hydrogen-bond acceptors (Lipinski definition) is 8. The Kier molecular flexibility index (Phi) is 11.6. The van der Waals surface area contributed by atoms with Gasteiger partial charge in [0.2, 0.25) is 0 Å². The van der Waals surface area contributed by atoms with E-state index >= 15 is 0 Å². The Morgan fingerprint density at radius 1 is 1.09 bits per heavy atom. The third-order valence-corrected chi connectivity index (χ3v) is 8.97. The molecular formula is C33H49FN4O5. The van der Waals surface area contributed by atoms with Crippen molar-refractivity contribution in [1.82, 2.24) is 15.1 Å². The van der Waals surface area contributed by atoms with Crippen LogP contribution in [0.5, 0.6) is 0 Å². The van der Waals surface area contributed by atoms with E-state index in [1.807, 2.05) is 59.2 Å². The number of piperazine rings is 1. The molecule has 0 spiro atoms. The average Bonchev–Trinajstić information content (AvgIpc) is 3.45. The zero-order valence-electron chi connectivity index (χ0n) is 26.3. The van der Waals surface area contributed by atoms with Gasteiger partial charge in [0.15, 0.2) is 0 Å². The van der Waals surface area contributed by atoms with Gasteiger partial charge in [-0.15, -0.1) is 0 Å². The maximum atomic E-state index is 14.7. The van der Waals surface area contributed by atoms with E-state index in [2.05, 4.69) is 15.1 Å². The van der Waals surface area contributed by atoms with E-state index in [1.165, 1.54) is 6.07 Å². The van der Waals surface area contributed by atoms with Crippen LogP contribution in [0, 0.1) is 17.7 Å². The van der Waals surface area contributed by atoms with Crippen molar-refractivity contribution in [2.75, 3.05) is 58.3 Å². The second-order valence-corrected chi connectivity index (χ2v) is 12.6. The smallest absolute Gasteiger partial charge is 0.410 e. The second kappa shape index (κ2) is 15.2. The lowest BCUT2D eigenvalue weighted by molar-refractivity contribution is -0.151. The van der Waals surface area contributed by atoms with Gasteiger partial charge >= 0.3 is 12.1 Å². The Labute approximate surface area is 255 Å². The van der Waals surface area contributed by atoms with Crippen LogP contribution in [-0.4, -0.2) is 105 Å².